The fourth-order valence-corrected chi connectivity index (χ4v) is 2.50. The number of pyridine rings is 1. The molecule has 0 radical (unpaired) electrons. The normalized spacial score (nSPS) is 11.9. The highest BCUT2D eigenvalue weighted by atomic mass is 19.4. The SMILES string of the molecule is Cc1ncccc1-n1c(=O)nc(C)c2ccc(C(F)(F)F)cc21. The average Bonchev–Trinajstić information content (AvgIpc) is 2.47. The topological polar surface area (TPSA) is 47.8 Å². The van der Waals surface area contributed by atoms with E-state index < -0.39 is 17.4 Å². The molecule has 0 bridgehead atoms. The standard InChI is InChI=1S/C16H12F3N3O/c1-9-12-6-5-11(16(17,18)19)8-14(12)22(15(23)21-9)13-4-3-7-20-10(13)2/h3-8H,1-2H3. The molecule has 0 fully saturated rings. The smallest absolute Gasteiger partial charge is 0.259 e. The van der Waals surface area contributed by atoms with Crippen LogP contribution < -0.4 is 5.69 Å². The Kier molecular flexibility index (Phi) is 3.43. The molecule has 0 unspecified atom stereocenters. The molecule has 3 rings (SSSR count). The van der Waals surface area contributed by atoms with E-state index in [0.717, 1.165) is 12.1 Å². The van der Waals surface area contributed by atoms with Gasteiger partial charge in [0.2, 0.25) is 0 Å². The Bertz CT molecular complexity index is 961. The average molecular weight is 319 g/mol. The number of aryl methyl sites for hydroxylation is 2. The number of alkyl halides is 3. The summed E-state index contributed by atoms with van der Waals surface area (Å²) >= 11 is 0. The molecule has 0 saturated heterocycles. The van der Waals surface area contributed by atoms with E-state index in [1.165, 1.54) is 10.6 Å². The molecule has 4 nitrogen and oxygen atoms in total. The van der Waals surface area contributed by atoms with Crippen molar-refractivity contribution < 1.29 is 13.2 Å². The molecule has 1 aromatic carbocycles. The number of fused-ring (bicyclic) bond motifs is 1. The highest BCUT2D eigenvalue weighted by Crippen LogP contribution is 2.32. The molecule has 7 heteroatoms. The van der Waals surface area contributed by atoms with E-state index in [9.17, 15) is 18.0 Å². The Labute approximate surface area is 129 Å². The molecule has 0 spiro atoms. The van der Waals surface area contributed by atoms with Gasteiger partial charge in [0.25, 0.3) is 0 Å². The Hall–Kier alpha value is -2.70. The molecule has 0 amide bonds. The van der Waals surface area contributed by atoms with Gasteiger partial charge in [0.05, 0.1) is 28.2 Å². The lowest BCUT2D eigenvalue weighted by Crippen LogP contribution is -2.24. The fraction of sp³-hybridized carbons (Fsp3) is 0.188. The highest BCUT2D eigenvalue weighted by molar-refractivity contribution is 5.83. The van der Waals surface area contributed by atoms with Crippen LogP contribution in [0, 0.1) is 13.8 Å². The number of hydrogen-bond donors (Lipinski definition) is 0. The highest BCUT2D eigenvalue weighted by Gasteiger charge is 2.31. The summed E-state index contributed by atoms with van der Waals surface area (Å²) in [6, 6.07) is 6.54. The van der Waals surface area contributed by atoms with Crippen LogP contribution in [-0.2, 0) is 6.18 Å². The van der Waals surface area contributed by atoms with Crippen molar-refractivity contribution in [2.24, 2.45) is 0 Å². The summed E-state index contributed by atoms with van der Waals surface area (Å²) in [5, 5.41) is 0.487. The van der Waals surface area contributed by atoms with Crippen LogP contribution >= 0.6 is 0 Å². The Morgan fingerprint density at radius 3 is 2.48 bits per heavy atom. The number of benzene rings is 1. The lowest BCUT2D eigenvalue weighted by molar-refractivity contribution is -0.137. The summed E-state index contributed by atoms with van der Waals surface area (Å²) in [7, 11) is 0. The second-order valence-corrected chi connectivity index (χ2v) is 5.15. The van der Waals surface area contributed by atoms with Crippen molar-refractivity contribution in [1.82, 2.24) is 14.5 Å². The van der Waals surface area contributed by atoms with E-state index in [1.54, 1.807) is 32.2 Å². The van der Waals surface area contributed by atoms with E-state index in [2.05, 4.69) is 9.97 Å². The van der Waals surface area contributed by atoms with Crippen LogP contribution in [0.5, 0.6) is 0 Å². The monoisotopic (exact) mass is 319 g/mol. The summed E-state index contributed by atoms with van der Waals surface area (Å²) < 4.78 is 40.2. The number of aromatic nitrogens is 3. The Balaban J connectivity index is 2.46. The zero-order chi connectivity index (χ0) is 16.8. The predicted octanol–water partition coefficient (Wildman–Crippen LogP) is 3.42. The zero-order valence-electron chi connectivity index (χ0n) is 12.3. The first-order valence-electron chi connectivity index (χ1n) is 6.81. The predicted molar refractivity (Wildman–Crippen MR) is 79.6 cm³/mol. The van der Waals surface area contributed by atoms with Gasteiger partial charge in [-0.25, -0.2) is 4.79 Å². The summed E-state index contributed by atoms with van der Waals surface area (Å²) in [4.78, 5) is 20.3. The van der Waals surface area contributed by atoms with Crippen LogP contribution in [0.15, 0.2) is 41.3 Å². The summed E-state index contributed by atoms with van der Waals surface area (Å²) in [5.41, 5.74) is 0.0361. The summed E-state index contributed by atoms with van der Waals surface area (Å²) in [6.45, 7) is 3.28. The van der Waals surface area contributed by atoms with Crippen molar-refractivity contribution >= 4 is 10.9 Å². The van der Waals surface area contributed by atoms with Gasteiger partial charge < -0.3 is 0 Å². The van der Waals surface area contributed by atoms with E-state index in [1.807, 2.05) is 0 Å². The quantitative estimate of drug-likeness (QED) is 0.690. The van der Waals surface area contributed by atoms with Crippen molar-refractivity contribution in [3.05, 3.63) is 64.0 Å². The summed E-state index contributed by atoms with van der Waals surface area (Å²) in [6.07, 6.45) is -2.94. The van der Waals surface area contributed by atoms with Crippen LogP contribution in [0.2, 0.25) is 0 Å². The second-order valence-electron chi connectivity index (χ2n) is 5.15. The minimum atomic E-state index is -4.49. The van der Waals surface area contributed by atoms with Gasteiger partial charge in [0, 0.05) is 11.6 Å². The first-order chi connectivity index (χ1) is 10.8. The number of nitrogens with zero attached hydrogens (tertiary/aromatic N) is 3. The van der Waals surface area contributed by atoms with Crippen molar-refractivity contribution in [3.63, 3.8) is 0 Å². The minimum Gasteiger partial charge on any atom is -0.259 e. The molecular weight excluding hydrogens is 307 g/mol. The fourth-order valence-electron chi connectivity index (χ4n) is 2.50. The lowest BCUT2D eigenvalue weighted by atomic mass is 10.1. The Morgan fingerprint density at radius 1 is 1.09 bits per heavy atom. The third-order valence-corrected chi connectivity index (χ3v) is 3.63. The first kappa shape index (κ1) is 15.2. The van der Waals surface area contributed by atoms with E-state index in [-0.39, 0.29) is 5.52 Å². The van der Waals surface area contributed by atoms with Crippen molar-refractivity contribution in [1.29, 1.82) is 0 Å². The third-order valence-electron chi connectivity index (χ3n) is 3.63. The van der Waals surface area contributed by atoms with Crippen molar-refractivity contribution in [2.45, 2.75) is 20.0 Å². The van der Waals surface area contributed by atoms with Gasteiger partial charge in [-0.2, -0.15) is 18.2 Å². The van der Waals surface area contributed by atoms with E-state index in [4.69, 9.17) is 0 Å². The zero-order valence-corrected chi connectivity index (χ0v) is 12.3. The largest absolute Gasteiger partial charge is 0.416 e. The van der Waals surface area contributed by atoms with Gasteiger partial charge in [-0.15, -0.1) is 0 Å². The second kappa shape index (κ2) is 5.19. The summed E-state index contributed by atoms with van der Waals surface area (Å²) in [5.74, 6) is 0. The molecule has 2 aromatic heterocycles. The molecule has 0 atom stereocenters. The Morgan fingerprint density at radius 2 is 1.83 bits per heavy atom. The maximum atomic E-state index is 13.0. The van der Waals surface area contributed by atoms with Gasteiger partial charge in [-0.05, 0) is 38.1 Å². The van der Waals surface area contributed by atoms with Crippen LogP contribution in [0.25, 0.3) is 16.6 Å². The van der Waals surface area contributed by atoms with Gasteiger partial charge in [0.15, 0.2) is 0 Å². The molecule has 0 aliphatic carbocycles. The molecular formula is C16H12F3N3O. The molecule has 0 saturated carbocycles. The number of hydrogen-bond acceptors (Lipinski definition) is 3. The molecule has 0 aliphatic rings. The molecule has 118 valence electrons. The molecule has 2 heterocycles. The van der Waals surface area contributed by atoms with Gasteiger partial charge in [0.1, 0.15) is 0 Å². The van der Waals surface area contributed by atoms with E-state index >= 15 is 0 Å². The molecule has 23 heavy (non-hydrogen) atoms. The van der Waals surface area contributed by atoms with Crippen LogP contribution in [0.4, 0.5) is 13.2 Å². The minimum absolute atomic E-state index is 0.161. The third kappa shape index (κ3) is 2.58. The van der Waals surface area contributed by atoms with Gasteiger partial charge >= 0.3 is 11.9 Å². The number of rotatable bonds is 1. The van der Waals surface area contributed by atoms with E-state index in [0.29, 0.717) is 22.5 Å². The molecule has 3 aromatic rings. The van der Waals surface area contributed by atoms with Crippen LogP contribution in [-0.4, -0.2) is 14.5 Å². The van der Waals surface area contributed by atoms with Crippen LogP contribution in [0.3, 0.4) is 0 Å². The first-order valence-corrected chi connectivity index (χ1v) is 6.81. The maximum absolute atomic E-state index is 13.0. The lowest BCUT2D eigenvalue weighted by Gasteiger charge is -2.14. The van der Waals surface area contributed by atoms with Crippen molar-refractivity contribution in [3.8, 4) is 5.69 Å². The van der Waals surface area contributed by atoms with Crippen LogP contribution in [0.1, 0.15) is 17.0 Å². The van der Waals surface area contributed by atoms with Crippen molar-refractivity contribution in [2.75, 3.05) is 0 Å². The van der Waals surface area contributed by atoms with Gasteiger partial charge in [-0.3, -0.25) is 9.55 Å². The van der Waals surface area contributed by atoms with Gasteiger partial charge in [-0.1, -0.05) is 6.07 Å². The number of halogens is 3. The molecule has 0 aliphatic heterocycles. The maximum Gasteiger partial charge on any atom is 0.416 e. The molecule has 0 N–H and O–H groups in total.